The predicted molar refractivity (Wildman–Crippen MR) is 106 cm³/mol. The van der Waals surface area contributed by atoms with Gasteiger partial charge in [-0.3, -0.25) is 4.72 Å². The van der Waals surface area contributed by atoms with E-state index >= 15 is 0 Å². The number of aryl methyl sites for hydroxylation is 1. The smallest absolute Gasteiger partial charge is 0.337 e. The van der Waals surface area contributed by atoms with Gasteiger partial charge in [-0.25, -0.2) is 13.2 Å². The van der Waals surface area contributed by atoms with E-state index in [1.54, 1.807) is 24.3 Å². The first-order valence-corrected chi connectivity index (χ1v) is 10.6. The second-order valence-corrected chi connectivity index (χ2v) is 8.54. The highest BCUT2D eigenvalue weighted by atomic mass is 32.2. The van der Waals surface area contributed by atoms with Gasteiger partial charge in [0, 0.05) is 18.8 Å². The number of carboxylic acid groups (broad SMARTS) is 1. The number of hydrogen-bond acceptors (Lipinski definition) is 4. The van der Waals surface area contributed by atoms with Crippen LogP contribution in [0.3, 0.4) is 0 Å². The Hall–Kier alpha value is -2.54. The Bertz CT molecular complexity index is 933. The predicted octanol–water partition coefficient (Wildman–Crippen LogP) is 3.87. The van der Waals surface area contributed by atoms with Crippen molar-refractivity contribution in [1.82, 2.24) is 0 Å². The van der Waals surface area contributed by atoms with Crippen molar-refractivity contribution in [2.24, 2.45) is 0 Å². The summed E-state index contributed by atoms with van der Waals surface area (Å²) in [4.78, 5) is 14.0. The molecule has 1 heterocycles. The lowest BCUT2D eigenvalue weighted by Crippen LogP contribution is -2.26. The lowest BCUT2D eigenvalue weighted by Gasteiger charge is -2.24. The minimum absolute atomic E-state index is 0.112. The number of carbonyl (C=O) groups is 1. The summed E-state index contributed by atoms with van der Waals surface area (Å²) in [7, 11) is -3.78. The number of benzene rings is 2. The third kappa shape index (κ3) is 4.60. The monoisotopic (exact) mass is 388 g/mol. The number of nitrogens with one attached hydrogen (secondary N) is 1. The van der Waals surface area contributed by atoms with Gasteiger partial charge >= 0.3 is 5.97 Å². The van der Waals surface area contributed by atoms with Gasteiger partial charge in [-0.1, -0.05) is 25.0 Å². The molecule has 2 N–H and O–H groups in total. The maximum absolute atomic E-state index is 12.6. The van der Waals surface area contributed by atoms with Gasteiger partial charge < -0.3 is 10.0 Å². The van der Waals surface area contributed by atoms with E-state index in [-0.39, 0.29) is 16.1 Å². The summed E-state index contributed by atoms with van der Waals surface area (Å²) in [6, 6.07) is 11.3. The summed E-state index contributed by atoms with van der Waals surface area (Å²) < 4.78 is 27.7. The molecule has 0 amide bonds. The Morgan fingerprint density at radius 1 is 1.04 bits per heavy atom. The van der Waals surface area contributed by atoms with Gasteiger partial charge in [0.1, 0.15) is 0 Å². The molecule has 7 heteroatoms. The summed E-state index contributed by atoms with van der Waals surface area (Å²) in [6.45, 7) is 3.45. The second kappa shape index (κ2) is 8.00. The van der Waals surface area contributed by atoms with Crippen molar-refractivity contribution in [2.75, 3.05) is 22.7 Å². The molecule has 2 aromatic rings. The zero-order chi connectivity index (χ0) is 19.4. The Kier molecular flexibility index (Phi) is 5.70. The third-order valence-corrected chi connectivity index (χ3v) is 6.10. The van der Waals surface area contributed by atoms with E-state index in [1.807, 2.05) is 13.0 Å². The number of hydrogen-bond donors (Lipinski definition) is 2. The second-order valence-electron chi connectivity index (χ2n) is 6.86. The Morgan fingerprint density at radius 2 is 1.74 bits per heavy atom. The molecule has 0 unspecified atom stereocenters. The molecular formula is C20H24N2O4S. The zero-order valence-electron chi connectivity index (χ0n) is 15.3. The number of aromatic carboxylic acids is 1. The van der Waals surface area contributed by atoms with E-state index < -0.39 is 16.0 Å². The Balaban J connectivity index is 1.91. The first-order valence-electron chi connectivity index (χ1n) is 9.08. The molecule has 1 aliphatic heterocycles. The molecule has 6 nitrogen and oxygen atoms in total. The molecule has 1 fully saturated rings. The maximum atomic E-state index is 12.6. The van der Waals surface area contributed by atoms with Crippen molar-refractivity contribution in [3.63, 3.8) is 0 Å². The van der Waals surface area contributed by atoms with Crippen LogP contribution in [-0.2, 0) is 10.0 Å². The minimum atomic E-state index is -3.78. The number of nitrogens with zero attached hydrogens (tertiary/aromatic N) is 1. The summed E-state index contributed by atoms with van der Waals surface area (Å²) in [6.07, 6.45) is 4.35. The molecular weight excluding hydrogens is 364 g/mol. The van der Waals surface area contributed by atoms with Crippen LogP contribution in [-0.4, -0.2) is 32.6 Å². The molecule has 0 radical (unpaired) electrons. The molecule has 27 heavy (non-hydrogen) atoms. The molecule has 0 bridgehead atoms. The van der Waals surface area contributed by atoms with Crippen LogP contribution in [0.15, 0.2) is 47.4 Å². The topological polar surface area (TPSA) is 86.7 Å². The number of carboxylic acids is 1. The van der Waals surface area contributed by atoms with Crippen molar-refractivity contribution >= 4 is 27.4 Å². The SMILES string of the molecule is Cc1cccc(S(=O)(=O)Nc2ccc(N3CCCCCC3)c(C(=O)O)c2)c1. The van der Waals surface area contributed by atoms with Crippen molar-refractivity contribution in [3.05, 3.63) is 53.6 Å². The van der Waals surface area contributed by atoms with E-state index in [1.165, 1.54) is 12.1 Å². The summed E-state index contributed by atoms with van der Waals surface area (Å²) >= 11 is 0. The zero-order valence-corrected chi connectivity index (χ0v) is 16.1. The van der Waals surface area contributed by atoms with Crippen molar-refractivity contribution in [3.8, 4) is 0 Å². The van der Waals surface area contributed by atoms with Gasteiger partial charge in [0.05, 0.1) is 16.1 Å². The van der Waals surface area contributed by atoms with Gasteiger partial charge in [0.2, 0.25) is 0 Å². The summed E-state index contributed by atoms with van der Waals surface area (Å²) in [5.74, 6) is -1.06. The van der Waals surface area contributed by atoms with Gasteiger partial charge in [0.15, 0.2) is 0 Å². The number of anilines is 2. The lowest BCUT2D eigenvalue weighted by atomic mass is 10.1. The van der Waals surface area contributed by atoms with E-state index in [2.05, 4.69) is 9.62 Å². The quantitative estimate of drug-likeness (QED) is 0.812. The highest BCUT2D eigenvalue weighted by Gasteiger charge is 2.20. The van der Waals surface area contributed by atoms with Crippen molar-refractivity contribution in [1.29, 1.82) is 0 Å². The molecule has 1 aliphatic rings. The maximum Gasteiger partial charge on any atom is 0.337 e. The van der Waals surface area contributed by atoms with Crippen LogP contribution < -0.4 is 9.62 Å². The molecule has 0 atom stereocenters. The Morgan fingerprint density at radius 3 is 2.37 bits per heavy atom. The van der Waals surface area contributed by atoms with Crippen molar-refractivity contribution < 1.29 is 18.3 Å². The van der Waals surface area contributed by atoms with Gasteiger partial charge in [0.25, 0.3) is 10.0 Å². The third-order valence-electron chi connectivity index (χ3n) is 4.73. The lowest BCUT2D eigenvalue weighted by molar-refractivity contribution is 0.0697. The Labute approximate surface area is 159 Å². The number of rotatable bonds is 5. The van der Waals surface area contributed by atoms with Crippen LogP contribution in [0.25, 0.3) is 0 Å². The molecule has 3 rings (SSSR count). The fourth-order valence-electron chi connectivity index (χ4n) is 3.35. The fraction of sp³-hybridized carbons (Fsp3) is 0.350. The average molecular weight is 388 g/mol. The highest BCUT2D eigenvalue weighted by Crippen LogP contribution is 2.28. The van der Waals surface area contributed by atoms with Crippen LogP contribution in [0.4, 0.5) is 11.4 Å². The average Bonchev–Trinajstić information content (AvgIpc) is 2.90. The molecule has 0 aliphatic carbocycles. The number of sulfonamides is 1. The highest BCUT2D eigenvalue weighted by molar-refractivity contribution is 7.92. The molecule has 1 saturated heterocycles. The molecule has 0 saturated carbocycles. The largest absolute Gasteiger partial charge is 0.478 e. The van der Waals surface area contributed by atoms with E-state index in [4.69, 9.17) is 0 Å². The molecule has 144 valence electrons. The van der Waals surface area contributed by atoms with Crippen molar-refractivity contribution in [2.45, 2.75) is 37.5 Å². The first kappa shape index (κ1) is 19.2. The molecule has 0 aromatic heterocycles. The minimum Gasteiger partial charge on any atom is -0.478 e. The molecule has 2 aromatic carbocycles. The normalized spacial score (nSPS) is 15.2. The van der Waals surface area contributed by atoms with E-state index in [9.17, 15) is 18.3 Å². The first-order chi connectivity index (χ1) is 12.9. The summed E-state index contributed by atoms with van der Waals surface area (Å²) in [5.41, 5.74) is 1.83. The van der Waals surface area contributed by atoms with Crippen LogP contribution in [0, 0.1) is 6.92 Å². The van der Waals surface area contributed by atoms with Crippen LogP contribution in [0.1, 0.15) is 41.6 Å². The van der Waals surface area contributed by atoms with Crippen LogP contribution in [0.5, 0.6) is 0 Å². The van der Waals surface area contributed by atoms with Gasteiger partial charge in [-0.05, 0) is 55.7 Å². The standard InChI is InChI=1S/C20H24N2O4S/c1-15-7-6-8-17(13-15)27(25,26)21-16-9-10-19(18(14-16)20(23)24)22-11-4-2-3-5-12-22/h6-10,13-14,21H,2-5,11-12H2,1H3,(H,23,24). The summed E-state index contributed by atoms with van der Waals surface area (Å²) in [5, 5.41) is 9.64. The fourth-order valence-corrected chi connectivity index (χ4v) is 4.51. The molecule has 0 spiro atoms. The van der Waals surface area contributed by atoms with E-state index in [0.717, 1.165) is 44.3 Å². The van der Waals surface area contributed by atoms with Crippen LogP contribution in [0.2, 0.25) is 0 Å². The van der Waals surface area contributed by atoms with Gasteiger partial charge in [-0.15, -0.1) is 0 Å². The van der Waals surface area contributed by atoms with E-state index in [0.29, 0.717) is 5.69 Å². The van der Waals surface area contributed by atoms with Crippen LogP contribution >= 0.6 is 0 Å². The van der Waals surface area contributed by atoms with Gasteiger partial charge in [-0.2, -0.15) is 0 Å².